The monoisotopic (exact) mass is 424 g/mol. The maximum Gasteiger partial charge on any atom is 0.235 e. The molecule has 2 heterocycles. The van der Waals surface area contributed by atoms with Crippen LogP contribution < -0.4 is 4.90 Å². The lowest BCUT2D eigenvalue weighted by molar-refractivity contribution is -0.136. The second kappa shape index (κ2) is 9.36. The van der Waals surface area contributed by atoms with Gasteiger partial charge < -0.3 is 14.2 Å². The standard InChI is InChI=1S/C23H25ClN4O2/c24-19-9-6-17(7-10-19)8-11-21-26-20(16-25)23(30-21)28-14-12-27(13-15-28)22(29)18-4-2-1-3-5-18/h6-11,18H,1-5,12-15H2. The average Bonchev–Trinajstić information content (AvgIpc) is 3.22. The third-order valence-corrected chi connectivity index (χ3v) is 6.11. The largest absolute Gasteiger partial charge is 0.420 e. The number of piperazine rings is 1. The zero-order chi connectivity index (χ0) is 20.9. The van der Waals surface area contributed by atoms with Crippen molar-refractivity contribution in [2.45, 2.75) is 32.1 Å². The van der Waals surface area contributed by atoms with Crippen molar-refractivity contribution in [3.05, 3.63) is 46.4 Å². The molecule has 1 aliphatic heterocycles. The Labute approximate surface area is 181 Å². The first-order valence-electron chi connectivity index (χ1n) is 10.5. The van der Waals surface area contributed by atoms with E-state index < -0.39 is 0 Å². The van der Waals surface area contributed by atoms with Gasteiger partial charge in [0.2, 0.25) is 23.4 Å². The first-order valence-corrected chi connectivity index (χ1v) is 10.9. The van der Waals surface area contributed by atoms with Gasteiger partial charge in [-0.25, -0.2) is 0 Å². The molecular formula is C23H25ClN4O2. The van der Waals surface area contributed by atoms with Crippen LogP contribution in [0.1, 0.15) is 49.3 Å². The van der Waals surface area contributed by atoms with Crippen molar-refractivity contribution in [1.29, 1.82) is 5.26 Å². The van der Waals surface area contributed by atoms with Crippen molar-refractivity contribution in [3.63, 3.8) is 0 Å². The lowest BCUT2D eigenvalue weighted by Gasteiger charge is -2.37. The molecule has 1 saturated heterocycles. The number of hydrogen-bond acceptors (Lipinski definition) is 5. The highest BCUT2D eigenvalue weighted by molar-refractivity contribution is 6.30. The van der Waals surface area contributed by atoms with Crippen molar-refractivity contribution in [1.82, 2.24) is 9.88 Å². The number of nitriles is 1. The highest BCUT2D eigenvalue weighted by Gasteiger charge is 2.30. The van der Waals surface area contributed by atoms with Crippen LogP contribution in [-0.4, -0.2) is 42.0 Å². The molecule has 7 heteroatoms. The minimum Gasteiger partial charge on any atom is -0.420 e. The zero-order valence-corrected chi connectivity index (χ0v) is 17.6. The summed E-state index contributed by atoms with van der Waals surface area (Å²) in [5.41, 5.74) is 1.24. The maximum atomic E-state index is 12.8. The van der Waals surface area contributed by atoms with E-state index in [1.54, 1.807) is 6.08 Å². The van der Waals surface area contributed by atoms with Gasteiger partial charge >= 0.3 is 0 Å². The molecule has 0 radical (unpaired) electrons. The average molecular weight is 425 g/mol. The van der Waals surface area contributed by atoms with Crippen molar-refractivity contribution in [3.8, 4) is 6.07 Å². The number of halogens is 1. The second-order valence-electron chi connectivity index (χ2n) is 7.85. The summed E-state index contributed by atoms with van der Waals surface area (Å²) in [6, 6.07) is 9.56. The lowest BCUT2D eigenvalue weighted by Crippen LogP contribution is -2.50. The third-order valence-electron chi connectivity index (χ3n) is 5.85. The molecule has 4 rings (SSSR count). The predicted molar refractivity (Wildman–Crippen MR) is 117 cm³/mol. The van der Waals surface area contributed by atoms with Crippen LogP contribution in [0.3, 0.4) is 0 Å². The number of nitrogens with zero attached hydrogens (tertiary/aromatic N) is 4. The first-order chi connectivity index (χ1) is 14.6. The molecule has 1 amide bonds. The Balaban J connectivity index is 1.40. The van der Waals surface area contributed by atoms with Crippen LogP contribution in [0.4, 0.5) is 5.88 Å². The van der Waals surface area contributed by atoms with Crippen molar-refractivity contribution < 1.29 is 9.21 Å². The summed E-state index contributed by atoms with van der Waals surface area (Å²) in [5, 5.41) is 10.2. The summed E-state index contributed by atoms with van der Waals surface area (Å²) < 4.78 is 5.88. The number of oxazole rings is 1. The number of rotatable bonds is 4. The Bertz CT molecular complexity index is 947. The molecule has 1 aliphatic carbocycles. The van der Waals surface area contributed by atoms with Crippen LogP contribution in [-0.2, 0) is 4.79 Å². The van der Waals surface area contributed by atoms with Crippen molar-refractivity contribution in [2.75, 3.05) is 31.1 Å². The molecule has 0 bridgehead atoms. The molecule has 30 heavy (non-hydrogen) atoms. The molecule has 2 aromatic rings. The Morgan fingerprint density at radius 2 is 1.80 bits per heavy atom. The quantitative estimate of drug-likeness (QED) is 0.717. The fraction of sp³-hybridized carbons (Fsp3) is 0.435. The molecule has 0 atom stereocenters. The summed E-state index contributed by atoms with van der Waals surface area (Å²) >= 11 is 5.91. The molecule has 156 valence electrons. The number of benzene rings is 1. The summed E-state index contributed by atoms with van der Waals surface area (Å²) in [6.07, 6.45) is 9.21. The summed E-state index contributed by atoms with van der Waals surface area (Å²) in [7, 11) is 0. The van der Waals surface area contributed by atoms with Gasteiger partial charge in [-0.15, -0.1) is 0 Å². The van der Waals surface area contributed by atoms with E-state index in [1.807, 2.05) is 40.1 Å². The fourth-order valence-electron chi connectivity index (χ4n) is 4.17. The number of carbonyl (C=O) groups excluding carboxylic acids is 1. The molecule has 2 aliphatic rings. The number of anilines is 1. The van der Waals surface area contributed by atoms with Crippen molar-refractivity contribution in [2.24, 2.45) is 5.92 Å². The van der Waals surface area contributed by atoms with Gasteiger partial charge in [0.25, 0.3) is 0 Å². The molecule has 0 N–H and O–H groups in total. The Morgan fingerprint density at radius 1 is 1.10 bits per heavy atom. The van der Waals surface area contributed by atoms with Crippen LogP contribution in [0.25, 0.3) is 12.2 Å². The van der Waals surface area contributed by atoms with E-state index in [2.05, 4.69) is 11.1 Å². The summed E-state index contributed by atoms with van der Waals surface area (Å²) in [6.45, 7) is 2.58. The topological polar surface area (TPSA) is 73.4 Å². The van der Waals surface area contributed by atoms with Crippen LogP contribution in [0.5, 0.6) is 0 Å². The maximum absolute atomic E-state index is 12.8. The van der Waals surface area contributed by atoms with Gasteiger partial charge in [0.1, 0.15) is 6.07 Å². The van der Waals surface area contributed by atoms with E-state index in [0.717, 1.165) is 31.2 Å². The Hall–Kier alpha value is -2.78. The van der Waals surface area contributed by atoms with Crippen LogP contribution in [0, 0.1) is 17.2 Å². The minimum absolute atomic E-state index is 0.190. The highest BCUT2D eigenvalue weighted by atomic mass is 35.5. The predicted octanol–water partition coefficient (Wildman–Crippen LogP) is 4.60. The van der Waals surface area contributed by atoms with E-state index in [1.165, 1.54) is 6.42 Å². The van der Waals surface area contributed by atoms with Gasteiger partial charge in [0, 0.05) is 43.2 Å². The molecule has 2 fully saturated rings. The Morgan fingerprint density at radius 3 is 2.47 bits per heavy atom. The third kappa shape index (κ3) is 4.68. The van der Waals surface area contributed by atoms with E-state index in [9.17, 15) is 10.1 Å². The number of aromatic nitrogens is 1. The van der Waals surface area contributed by atoms with Crippen molar-refractivity contribution >= 4 is 35.5 Å². The molecule has 1 saturated carbocycles. The molecule has 1 aromatic heterocycles. The fourth-order valence-corrected chi connectivity index (χ4v) is 4.29. The van der Waals surface area contributed by atoms with Gasteiger partial charge in [-0.05, 0) is 36.6 Å². The van der Waals surface area contributed by atoms with Gasteiger partial charge in [0.05, 0.1) is 0 Å². The molecule has 0 spiro atoms. The van der Waals surface area contributed by atoms with Crippen LogP contribution >= 0.6 is 11.6 Å². The normalized spacial score (nSPS) is 18.0. The molecule has 6 nitrogen and oxygen atoms in total. The summed E-state index contributed by atoms with van der Waals surface area (Å²) in [5.74, 6) is 1.35. The zero-order valence-electron chi connectivity index (χ0n) is 16.9. The van der Waals surface area contributed by atoms with Crippen LogP contribution in [0.2, 0.25) is 5.02 Å². The smallest absolute Gasteiger partial charge is 0.235 e. The van der Waals surface area contributed by atoms with E-state index >= 15 is 0 Å². The van der Waals surface area contributed by atoms with Gasteiger partial charge in [0.15, 0.2) is 0 Å². The van der Waals surface area contributed by atoms with E-state index in [-0.39, 0.29) is 11.6 Å². The number of hydrogen-bond donors (Lipinski definition) is 0. The first kappa shape index (κ1) is 20.5. The minimum atomic E-state index is 0.190. The number of carbonyl (C=O) groups is 1. The van der Waals surface area contributed by atoms with Crippen LogP contribution in [0.15, 0.2) is 28.7 Å². The van der Waals surface area contributed by atoms with E-state index in [0.29, 0.717) is 48.9 Å². The van der Waals surface area contributed by atoms with E-state index in [4.69, 9.17) is 16.0 Å². The molecule has 1 aromatic carbocycles. The molecule has 0 unspecified atom stereocenters. The summed E-state index contributed by atoms with van der Waals surface area (Å²) in [4.78, 5) is 21.0. The molecular weight excluding hydrogens is 400 g/mol. The highest BCUT2D eigenvalue weighted by Crippen LogP contribution is 2.28. The van der Waals surface area contributed by atoms with Gasteiger partial charge in [-0.3, -0.25) is 4.79 Å². The number of amides is 1. The van der Waals surface area contributed by atoms with Gasteiger partial charge in [-0.2, -0.15) is 10.2 Å². The van der Waals surface area contributed by atoms with Gasteiger partial charge in [-0.1, -0.05) is 43.0 Å². The second-order valence-corrected chi connectivity index (χ2v) is 8.29. The SMILES string of the molecule is N#Cc1nc(C=Cc2ccc(Cl)cc2)oc1N1CCN(C(=O)C2CCCCC2)CC1. The Kier molecular flexibility index (Phi) is 6.39. The lowest BCUT2D eigenvalue weighted by atomic mass is 9.88.